The Bertz CT molecular complexity index is 356. The fourth-order valence-corrected chi connectivity index (χ4v) is 2.95. The van der Waals surface area contributed by atoms with Crippen molar-refractivity contribution in [3.05, 3.63) is 0 Å². The summed E-state index contributed by atoms with van der Waals surface area (Å²) in [5.41, 5.74) is 0. The summed E-state index contributed by atoms with van der Waals surface area (Å²) < 4.78 is 5.00. The van der Waals surface area contributed by atoms with Crippen molar-refractivity contribution in [2.75, 3.05) is 25.4 Å². The number of nitrogens with zero attached hydrogens (tertiary/aromatic N) is 1. The molecule has 0 aromatic carbocycles. The van der Waals surface area contributed by atoms with Crippen molar-refractivity contribution >= 4 is 28.8 Å². The van der Waals surface area contributed by atoms with Crippen LogP contribution in [0, 0.1) is 5.92 Å². The highest BCUT2D eigenvalue weighted by atomic mass is 32.2. The lowest BCUT2D eigenvalue weighted by molar-refractivity contribution is -0.144. The van der Waals surface area contributed by atoms with Gasteiger partial charge >= 0.3 is 11.9 Å². The van der Waals surface area contributed by atoms with Crippen molar-refractivity contribution in [2.24, 2.45) is 5.92 Å². The zero-order chi connectivity index (χ0) is 15.1. The summed E-state index contributed by atoms with van der Waals surface area (Å²) in [5, 5.41) is 9.15. The lowest BCUT2D eigenvalue weighted by atomic mass is 10.1. The van der Waals surface area contributed by atoms with Crippen molar-refractivity contribution in [3.63, 3.8) is 0 Å². The second-order valence-electron chi connectivity index (χ2n) is 4.96. The van der Waals surface area contributed by atoms with Crippen LogP contribution < -0.4 is 0 Å². The first-order valence-electron chi connectivity index (χ1n) is 6.63. The van der Waals surface area contributed by atoms with Crippen LogP contribution in [0.2, 0.25) is 0 Å². The molecule has 1 heterocycles. The minimum absolute atomic E-state index is 0.00836. The van der Waals surface area contributed by atoms with Crippen molar-refractivity contribution in [3.8, 4) is 0 Å². The number of carbonyl (C=O) groups excluding carboxylic acids is 2. The fourth-order valence-electron chi connectivity index (χ4n) is 2.28. The van der Waals surface area contributed by atoms with Crippen molar-refractivity contribution in [2.45, 2.75) is 32.7 Å². The summed E-state index contributed by atoms with van der Waals surface area (Å²) in [6, 6.07) is -0.461. The molecule has 2 atom stereocenters. The number of carboxylic acid groups (broad SMARTS) is 1. The Kier molecular flexibility index (Phi) is 7.01. The number of esters is 1. The molecule has 0 amide bonds. The van der Waals surface area contributed by atoms with Gasteiger partial charge in [-0.15, -0.1) is 0 Å². The van der Waals surface area contributed by atoms with Gasteiger partial charge in [-0.3, -0.25) is 19.3 Å². The van der Waals surface area contributed by atoms with Crippen LogP contribution in [0.1, 0.15) is 26.7 Å². The van der Waals surface area contributed by atoms with Crippen LogP contribution in [-0.4, -0.2) is 58.6 Å². The van der Waals surface area contributed by atoms with E-state index in [1.807, 2.05) is 4.90 Å². The Balaban J connectivity index is 2.55. The molecule has 7 heteroatoms. The maximum Gasteiger partial charge on any atom is 0.320 e. The molecule has 1 rings (SSSR count). The highest BCUT2D eigenvalue weighted by Crippen LogP contribution is 2.21. The number of carbonyl (C=O) groups is 3. The number of likely N-dealkylation sites (tertiary alicyclic amines) is 1. The quantitative estimate of drug-likeness (QED) is 0.702. The molecule has 20 heavy (non-hydrogen) atoms. The average Bonchev–Trinajstić information content (AvgIpc) is 2.80. The first kappa shape index (κ1) is 17.0. The lowest BCUT2D eigenvalue weighted by Crippen LogP contribution is -2.40. The topological polar surface area (TPSA) is 83.9 Å². The van der Waals surface area contributed by atoms with E-state index in [1.54, 1.807) is 0 Å². The van der Waals surface area contributed by atoms with E-state index in [4.69, 9.17) is 9.84 Å². The molecule has 1 fully saturated rings. The SMILES string of the molecule is CC(=O)OCC(CSC(C)=O)CN1CCC[C@H]1C(=O)O. The third kappa shape index (κ3) is 5.92. The molecular weight excluding hydrogens is 282 g/mol. The monoisotopic (exact) mass is 303 g/mol. The van der Waals surface area contributed by atoms with Crippen molar-refractivity contribution in [1.29, 1.82) is 0 Å². The number of aliphatic carboxylic acids is 1. The van der Waals surface area contributed by atoms with Gasteiger partial charge < -0.3 is 9.84 Å². The molecule has 0 saturated carbocycles. The standard InChI is InChI=1S/C13H21NO5S/c1-9(15)19-7-11(8-20-10(2)16)6-14-5-3-4-12(14)13(17)18/h11-12H,3-8H2,1-2H3,(H,17,18)/t11?,12-/m0/s1. The van der Waals surface area contributed by atoms with Crippen molar-refractivity contribution < 1.29 is 24.2 Å². The molecule has 0 radical (unpaired) electrons. The lowest BCUT2D eigenvalue weighted by Gasteiger charge is -2.26. The number of ether oxygens (including phenoxy) is 1. The number of hydrogen-bond donors (Lipinski definition) is 1. The predicted octanol–water partition coefficient (Wildman–Crippen LogP) is 0.994. The third-order valence-corrected chi connectivity index (χ3v) is 4.23. The van der Waals surface area contributed by atoms with Gasteiger partial charge in [0.25, 0.3) is 0 Å². The summed E-state index contributed by atoms with van der Waals surface area (Å²) in [7, 11) is 0. The Morgan fingerprint density at radius 3 is 2.65 bits per heavy atom. The molecule has 1 aliphatic heterocycles. The Labute approximate surface area is 122 Å². The molecule has 0 bridgehead atoms. The van der Waals surface area contributed by atoms with Gasteiger partial charge in [-0.2, -0.15) is 0 Å². The molecule has 0 spiro atoms. The number of thioether (sulfide) groups is 1. The normalized spacial score (nSPS) is 20.6. The van der Waals surface area contributed by atoms with E-state index in [1.165, 1.54) is 25.6 Å². The molecule has 1 saturated heterocycles. The highest BCUT2D eigenvalue weighted by molar-refractivity contribution is 8.13. The Morgan fingerprint density at radius 2 is 2.10 bits per heavy atom. The van der Waals surface area contributed by atoms with E-state index < -0.39 is 12.0 Å². The van der Waals surface area contributed by atoms with Gasteiger partial charge in [0.2, 0.25) is 0 Å². The van der Waals surface area contributed by atoms with Crippen LogP contribution >= 0.6 is 11.8 Å². The number of carboxylic acids is 1. The van der Waals surface area contributed by atoms with E-state index in [2.05, 4.69) is 0 Å². The molecular formula is C13H21NO5S. The van der Waals surface area contributed by atoms with Gasteiger partial charge in [0.05, 0.1) is 6.61 Å². The van der Waals surface area contributed by atoms with Gasteiger partial charge in [-0.1, -0.05) is 11.8 Å². The first-order chi connectivity index (χ1) is 9.40. The van der Waals surface area contributed by atoms with Gasteiger partial charge in [0.15, 0.2) is 5.12 Å². The van der Waals surface area contributed by atoms with Gasteiger partial charge in [-0.05, 0) is 19.4 Å². The molecule has 0 aromatic rings. The molecule has 1 N–H and O–H groups in total. The van der Waals surface area contributed by atoms with E-state index in [-0.39, 0.29) is 23.6 Å². The van der Waals surface area contributed by atoms with E-state index >= 15 is 0 Å². The van der Waals surface area contributed by atoms with Crippen molar-refractivity contribution in [1.82, 2.24) is 4.90 Å². The predicted molar refractivity (Wildman–Crippen MR) is 75.5 cm³/mol. The van der Waals surface area contributed by atoms with E-state index in [9.17, 15) is 14.4 Å². The van der Waals surface area contributed by atoms with E-state index in [0.29, 0.717) is 18.7 Å². The second-order valence-corrected chi connectivity index (χ2v) is 6.16. The van der Waals surface area contributed by atoms with Crippen LogP contribution in [0.15, 0.2) is 0 Å². The van der Waals surface area contributed by atoms with Gasteiger partial charge in [0, 0.05) is 32.1 Å². The van der Waals surface area contributed by atoms with Gasteiger partial charge in [0.1, 0.15) is 6.04 Å². The van der Waals surface area contributed by atoms with Crippen LogP contribution in [0.5, 0.6) is 0 Å². The summed E-state index contributed by atoms with van der Waals surface area (Å²) in [4.78, 5) is 35.0. The zero-order valence-electron chi connectivity index (χ0n) is 11.8. The minimum Gasteiger partial charge on any atom is -0.480 e. The number of rotatable bonds is 7. The fraction of sp³-hybridized carbons (Fsp3) is 0.769. The summed E-state index contributed by atoms with van der Waals surface area (Å²) in [6.07, 6.45) is 1.51. The summed E-state index contributed by atoms with van der Waals surface area (Å²) in [6.45, 7) is 4.32. The Morgan fingerprint density at radius 1 is 1.40 bits per heavy atom. The van der Waals surface area contributed by atoms with Crippen LogP contribution in [-0.2, 0) is 19.1 Å². The highest BCUT2D eigenvalue weighted by Gasteiger charge is 2.32. The number of hydrogen-bond acceptors (Lipinski definition) is 6. The largest absolute Gasteiger partial charge is 0.480 e. The molecule has 0 aliphatic carbocycles. The Hall–Kier alpha value is -1.08. The van der Waals surface area contributed by atoms with Crippen LogP contribution in [0.3, 0.4) is 0 Å². The molecule has 6 nitrogen and oxygen atoms in total. The third-order valence-electron chi connectivity index (χ3n) is 3.19. The molecule has 114 valence electrons. The summed E-state index contributed by atoms with van der Waals surface area (Å²) >= 11 is 1.18. The van der Waals surface area contributed by atoms with Gasteiger partial charge in [-0.25, -0.2) is 0 Å². The first-order valence-corrected chi connectivity index (χ1v) is 7.62. The van der Waals surface area contributed by atoms with E-state index in [0.717, 1.165) is 13.0 Å². The average molecular weight is 303 g/mol. The zero-order valence-corrected chi connectivity index (χ0v) is 12.6. The molecule has 1 unspecified atom stereocenters. The molecule has 1 aliphatic rings. The minimum atomic E-state index is -0.812. The van der Waals surface area contributed by atoms with Crippen LogP contribution in [0.4, 0.5) is 0 Å². The maximum absolute atomic E-state index is 11.1. The smallest absolute Gasteiger partial charge is 0.320 e. The second kappa shape index (κ2) is 8.26. The maximum atomic E-state index is 11.1. The molecule has 0 aromatic heterocycles. The van der Waals surface area contributed by atoms with Crippen LogP contribution in [0.25, 0.3) is 0 Å². The summed E-state index contributed by atoms with van der Waals surface area (Å²) in [5.74, 6) is -0.675.